The number of carbonyl (C=O) groups excluding carboxylic acids is 4. The number of hydrogen-bond donors (Lipinski definition) is 3. The van der Waals surface area contributed by atoms with Gasteiger partial charge in [0.2, 0.25) is 0 Å². The Morgan fingerprint density at radius 3 is 0.621 bits per heavy atom. The Morgan fingerprint density at radius 2 is 0.421 bits per heavy atom. The molecule has 0 amide bonds. The summed E-state index contributed by atoms with van der Waals surface area (Å²) in [7, 11) is -9.91. The average molecular weight is 1400 g/mol. The number of rotatable bonds is 77. The molecule has 0 aliphatic rings. The van der Waals surface area contributed by atoms with Crippen molar-refractivity contribution in [1.82, 2.24) is 0 Å². The van der Waals surface area contributed by atoms with Crippen LogP contribution in [-0.2, 0) is 65.4 Å². The molecule has 0 saturated heterocycles. The van der Waals surface area contributed by atoms with Crippen LogP contribution in [-0.4, -0.2) is 96.7 Å². The number of unbranched alkanes of at least 4 members (excludes halogenated alkanes) is 51. The SMILES string of the molecule is CCCCCCCCCCCCCCCCCCCC(=O)O[C@H](COC(=O)CCCCCCCCCCCCCCCC)COP(=O)(O)OC[C@@H](O)COP(=O)(O)OC[C@@H](COC(=O)CCCCCCCCCCCCC)OC(=O)CCCCCCCCCCCCCCC. The van der Waals surface area contributed by atoms with Crippen LogP contribution in [0.5, 0.6) is 0 Å². The van der Waals surface area contributed by atoms with Gasteiger partial charge in [-0.15, -0.1) is 0 Å². The fraction of sp³-hybridized carbons (Fsp3) is 0.947. The summed E-state index contributed by atoms with van der Waals surface area (Å²) < 4.78 is 68.6. The molecule has 564 valence electrons. The zero-order valence-corrected chi connectivity index (χ0v) is 63.4. The van der Waals surface area contributed by atoms with Crippen molar-refractivity contribution in [2.45, 2.75) is 425 Å². The summed E-state index contributed by atoms with van der Waals surface area (Å²) in [6.45, 7) is 5.00. The van der Waals surface area contributed by atoms with Gasteiger partial charge < -0.3 is 33.8 Å². The van der Waals surface area contributed by atoms with Crippen LogP contribution in [0.1, 0.15) is 407 Å². The molecule has 17 nitrogen and oxygen atoms in total. The van der Waals surface area contributed by atoms with Gasteiger partial charge in [0.05, 0.1) is 26.4 Å². The maximum Gasteiger partial charge on any atom is 0.472 e. The lowest BCUT2D eigenvalue weighted by Gasteiger charge is -2.21. The standard InChI is InChI=1S/C76H148O17P2/c1-5-9-13-17-21-25-29-32-34-35-36-39-43-47-51-55-59-63-76(81)93-72(67-87-74(79)61-57-53-49-45-41-38-33-30-26-22-18-14-10-6-2)69-91-95(84,85)89-65-70(77)64-88-94(82,83)90-68-71(66-86-73(78)60-56-52-48-44-40-28-24-20-16-12-8-4)92-75(80)62-58-54-50-46-42-37-31-27-23-19-15-11-7-3/h70-72,77H,5-69H2,1-4H3,(H,82,83)(H,84,85)/t70-,71+,72+/m0/s1. The van der Waals surface area contributed by atoms with E-state index < -0.39 is 97.5 Å². The van der Waals surface area contributed by atoms with Crippen molar-refractivity contribution >= 4 is 39.5 Å². The average Bonchev–Trinajstić information content (AvgIpc) is 1.85. The first kappa shape index (κ1) is 93.1. The highest BCUT2D eigenvalue weighted by Gasteiger charge is 2.30. The summed E-state index contributed by atoms with van der Waals surface area (Å²) >= 11 is 0. The van der Waals surface area contributed by atoms with Gasteiger partial charge in [-0.1, -0.05) is 355 Å². The van der Waals surface area contributed by atoms with E-state index in [1.807, 2.05) is 0 Å². The van der Waals surface area contributed by atoms with Crippen molar-refractivity contribution < 1.29 is 80.2 Å². The van der Waals surface area contributed by atoms with Gasteiger partial charge in [-0.2, -0.15) is 0 Å². The highest BCUT2D eigenvalue weighted by Crippen LogP contribution is 2.45. The number of esters is 4. The molecule has 5 atom stereocenters. The Balaban J connectivity index is 5.25. The van der Waals surface area contributed by atoms with Crippen LogP contribution < -0.4 is 0 Å². The number of hydrogen-bond acceptors (Lipinski definition) is 15. The van der Waals surface area contributed by atoms with Gasteiger partial charge >= 0.3 is 39.5 Å². The molecule has 0 aromatic heterocycles. The van der Waals surface area contributed by atoms with E-state index in [1.54, 1.807) is 0 Å². The molecule has 0 aliphatic carbocycles. The number of ether oxygens (including phenoxy) is 4. The van der Waals surface area contributed by atoms with Gasteiger partial charge in [0, 0.05) is 25.7 Å². The third kappa shape index (κ3) is 70.3. The monoisotopic (exact) mass is 1400 g/mol. The van der Waals surface area contributed by atoms with E-state index in [0.29, 0.717) is 25.7 Å². The van der Waals surface area contributed by atoms with E-state index in [2.05, 4.69) is 27.7 Å². The van der Waals surface area contributed by atoms with Gasteiger partial charge in [-0.3, -0.25) is 37.3 Å². The largest absolute Gasteiger partial charge is 0.472 e. The lowest BCUT2D eigenvalue weighted by molar-refractivity contribution is -0.161. The van der Waals surface area contributed by atoms with E-state index >= 15 is 0 Å². The topological polar surface area (TPSA) is 237 Å². The number of aliphatic hydroxyl groups is 1. The van der Waals surface area contributed by atoms with E-state index in [-0.39, 0.29) is 25.7 Å². The van der Waals surface area contributed by atoms with Crippen molar-refractivity contribution in [3.05, 3.63) is 0 Å². The minimum atomic E-state index is -4.96. The summed E-state index contributed by atoms with van der Waals surface area (Å²) in [5.74, 6) is -2.11. The summed E-state index contributed by atoms with van der Waals surface area (Å²) in [5.41, 5.74) is 0. The first-order valence-corrected chi connectivity index (χ1v) is 42.8. The van der Waals surface area contributed by atoms with Gasteiger partial charge in [-0.05, 0) is 25.7 Å². The van der Waals surface area contributed by atoms with Crippen LogP contribution in [0.3, 0.4) is 0 Å². The molecule has 0 aromatic carbocycles. The molecule has 0 saturated carbocycles. The molecule has 0 spiro atoms. The Hall–Kier alpha value is -1.94. The fourth-order valence-electron chi connectivity index (χ4n) is 11.8. The number of phosphoric ester groups is 2. The Morgan fingerprint density at radius 1 is 0.253 bits per heavy atom. The Kier molecular flexibility index (Phi) is 69.1. The minimum absolute atomic E-state index is 0.108. The van der Waals surface area contributed by atoms with Crippen LogP contribution in [0.4, 0.5) is 0 Å². The fourth-order valence-corrected chi connectivity index (χ4v) is 13.3. The van der Waals surface area contributed by atoms with E-state index in [1.165, 1.54) is 238 Å². The molecular formula is C76H148O17P2. The van der Waals surface area contributed by atoms with Crippen molar-refractivity contribution in [1.29, 1.82) is 0 Å². The van der Waals surface area contributed by atoms with Crippen LogP contribution in [0, 0.1) is 0 Å². The molecule has 0 radical (unpaired) electrons. The summed E-state index contributed by atoms with van der Waals surface area (Å²) in [6, 6.07) is 0. The second-order valence-electron chi connectivity index (χ2n) is 27.4. The lowest BCUT2D eigenvalue weighted by atomic mass is 10.0. The third-order valence-electron chi connectivity index (χ3n) is 17.9. The van der Waals surface area contributed by atoms with Crippen molar-refractivity contribution in [2.24, 2.45) is 0 Å². The quantitative estimate of drug-likeness (QED) is 0.0222. The van der Waals surface area contributed by atoms with E-state index in [4.69, 9.17) is 37.0 Å². The molecule has 3 N–H and O–H groups in total. The maximum atomic E-state index is 13.1. The van der Waals surface area contributed by atoms with Crippen molar-refractivity contribution in [2.75, 3.05) is 39.6 Å². The van der Waals surface area contributed by atoms with Gasteiger partial charge in [-0.25, -0.2) is 9.13 Å². The Bertz CT molecular complexity index is 1810. The van der Waals surface area contributed by atoms with Gasteiger partial charge in [0.25, 0.3) is 0 Å². The van der Waals surface area contributed by atoms with Crippen LogP contribution in [0.2, 0.25) is 0 Å². The van der Waals surface area contributed by atoms with Gasteiger partial charge in [0.15, 0.2) is 12.2 Å². The predicted octanol–water partition coefficient (Wildman–Crippen LogP) is 22.6. The zero-order valence-electron chi connectivity index (χ0n) is 61.6. The van der Waals surface area contributed by atoms with Crippen molar-refractivity contribution in [3.63, 3.8) is 0 Å². The summed E-state index contributed by atoms with van der Waals surface area (Å²) in [5, 5.41) is 10.6. The third-order valence-corrected chi connectivity index (χ3v) is 19.8. The molecule has 0 fully saturated rings. The van der Waals surface area contributed by atoms with E-state index in [0.717, 1.165) is 89.9 Å². The van der Waals surface area contributed by atoms with Crippen LogP contribution >= 0.6 is 15.6 Å². The minimum Gasteiger partial charge on any atom is -0.462 e. The molecule has 19 heteroatoms. The second-order valence-corrected chi connectivity index (χ2v) is 30.3. The first-order chi connectivity index (χ1) is 46.2. The maximum absolute atomic E-state index is 13.1. The van der Waals surface area contributed by atoms with E-state index in [9.17, 15) is 43.2 Å². The summed E-state index contributed by atoms with van der Waals surface area (Å²) in [4.78, 5) is 72.8. The highest BCUT2D eigenvalue weighted by molar-refractivity contribution is 7.47. The number of carbonyl (C=O) groups is 4. The number of phosphoric acid groups is 2. The highest BCUT2D eigenvalue weighted by atomic mass is 31.2. The molecule has 0 rings (SSSR count). The van der Waals surface area contributed by atoms with Crippen LogP contribution in [0.25, 0.3) is 0 Å². The molecule has 2 unspecified atom stereocenters. The Labute approximate surface area is 581 Å². The molecule has 0 bridgehead atoms. The molecular weight excluding hydrogens is 1250 g/mol. The molecule has 0 aliphatic heterocycles. The smallest absolute Gasteiger partial charge is 0.462 e. The molecule has 0 heterocycles. The first-order valence-electron chi connectivity index (χ1n) is 39.8. The summed E-state index contributed by atoms with van der Waals surface area (Å²) in [6.07, 6.45) is 60.8. The van der Waals surface area contributed by atoms with Gasteiger partial charge in [0.1, 0.15) is 19.3 Å². The van der Waals surface area contributed by atoms with Crippen molar-refractivity contribution in [3.8, 4) is 0 Å². The lowest BCUT2D eigenvalue weighted by Crippen LogP contribution is -2.30. The van der Waals surface area contributed by atoms with Crippen LogP contribution in [0.15, 0.2) is 0 Å². The normalized spacial score (nSPS) is 13.9. The predicted molar refractivity (Wildman–Crippen MR) is 386 cm³/mol. The molecule has 95 heavy (non-hydrogen) atoms. The molecule has 0 aromatic rings. The number of aliphatic hydroxyl groups excluding tert-OH is 1. The second kappa shape index (κ2) is 70.5. The zero-order chi connectivity index (χ0) is 69.7.